The molecule has 2 N–H and O–H groups in total. The molecule has 6 heteroatoms. The van der Waals surface area contributed by atoms with Crippen molar-refractivity contribution in [3.8, 4) is 0 Å². The maximum Gasteiger partial charge on any atom is 0.254 e. The lowest BCUT2D eigenvalue weighted by atomic mass is 10.1. The van der Waals surface area contributed by atoms with Crippen molar-refractivity contribution in [1.29, 1.82) is 0 Å². The topological polar surface area (TPSA) is 67.2 Å². The normalized spacial score (nSPS) is 18.0. The van der Waals surface area contributed by atoms with E-state index in [0.717, 1.165) is 23.4 Å². The van der Waals surface area contributed by atoms with E-state index >= 15 is 0 Å². The molecule has 0 saturated heterocycles. The first-order chi connectivity index (χ1) is 11.0. The van der Waals surface area contributed by atoms with Gasteiger partial charge in [-0.25, -0.2) is 0 Å². The molecule has 2 heterocycles. The lowest BCUT2D eigenvalue weighted by Gasteiger charge is -2.22. The summed E-state index contributed by atoms with van der Waals surface area (Å²) < 4.78 is 1.99. The largest absolute Gasteiger partial charge is 0.383 e. The predicted octanol–water partition coefficient (Wildman–Crippen LogP) is 3.01. The Morgan fingerprint density at radius 1 is 1.52 bits per heavy atom. The third kappa shape index (κ3) is 3.33. The SMILES string of the molecule is Cc1c(C(=O)NCC(C)(O)c2cccs2)cnn1C1CCCC1. The molecular formula is C17H23N3O2S. The number of rotatable bonds is 5. The van der Waals surface area contributed by atoms with Crippen LogP contribution in [0.15, 0.2) is 23.7 Å². The third-order valence-corrected chi connectivity index (χ3v) is 5.73. The number of aliphatic hydroxyl groups is 1. The number of thiophene rings is 1. The van der Waals surface area contributed by atoms with Gasteiger partial charge in [-0.2, -0.15) is 5.10 Å². The first-order valence-corrected chi connectivity index (χ1v) is 8.95. The van der Waals surface area contributed by atoms with Gasteiger partial charge in [0.1, 0.15) is 5.60 Å². The fraction of sp³-hybridized carbons (Fsp3) is 0.529. The van der Waals surface area contributed by atoms with Gasteiger partial charge in [0, 0.05) is 10.6 Å². The van der Waals surface area contributed by atoms with Crippen LogP contribution in [0.25, 0.3) is 0 Å². The summed E-state index contributed by atoms with van der Waals surface area (Å²) in [5.74, 6) is -0.177. The minimum atomic E-state index is -1.06. The molecule has 3 rings (SSSR count). The summed E-state index contributed by atoms with van der Waals surface area (Å²) in [5.41, 5.74) is 0.447. The van der Waals surface area contributed by atoms with Crippen molar-refractivity contribution in [3.05, 3.63) is 39.8 Å². The lowest BCUT2D eigenvalue weighted by Crippen LogP contribution is -2.38. The molecule has 1 amide bonds. The number of nitrogens with one attached hydrogen (secondary N) is 1. The molecule has 0 radical (unpaired) electrons. The van der Waals surface area contributed by atoms with Crippen LogP contribution >= 0.6 is 11.3 Å². The van der Waals surface area contributed by atoms with Crippen molar-refractivity contribution in [2.24, 2.45) is 0 Å². The maximum absolute atomic E-state index is 12.4. The first-order valence-electron chi connectivity index (χ1n) is 8.08. The maximum atomic E-state index is 12.4. The number of aromatic nitrogens is 2. The molecule has 1 fully saturated rings. The summed E-state index contributed by atoms with van der Waals surface area (Å²) in [6, 6.07) is 4.19. The van der Waals surface area contributed by atoms with E-state index in [1.807, 2.05) is 29.1 Å². The number of carbonyl (C=O) groups is 1. The Hall–Kier alpha value is -1.66. The molecule has 1 unspecified atom stereocenters. The van der Waals surface area contributed by atoms with E-state index in [1.165, 1.54) is 24.2 Å². The van der Waals surface area contributed by atoms with Crippen molar-refractivity contribution in [3.63, 3.8) is 0 Å². The van der Waals surface area contributed by atoms with Crippen molar-refractivity contribution < 1.29 is 9.90 Å². The molecular weight excluding hydrogens is 310 g/mol. The Balaban J connectivity index is 1.67. The van der Waals surface area contributed by atoms with E-state index in [2.05, 4.69) is 10.4 Å². The Morgan fingerprint density at radius 3 is 2.91 bits per heavy atom. The van der Waals surface area contributed by atoms with E-state index in [9.17, 15) is 9.90 Å². The van der Waals surface area contributed by atoms with Crippen LogP contribution in [0.3, 0.4) is 0 Å². The van der Waals surface area contributed by atoms with E-state index in [1.54, 1.807) is 13.1 Å². The van der Waals surface area contributed by atoms with Crippen LogP contribution in [0.5, 0.6) is 0 Å². The summed E-state index contributed by atoms with van der Waals surface area (Å²) in [6.45, 7) is 3.84. The highest BCUT2D eigenvalue weighted by Crippen LogP contribution is 2.30. The Morgan fingerprint density at radius 2 is 2.26 bits per heavy atom. The average Bonchev–Trinajstić information content (AvgIpc) is 3.25. The van der Waals surface area contributed by atoms with Crippen LogP contribution in [0, 0.1) is 6.92 Å². The molecule has 0 aromatic carbocycles. The van der Waals surface area contributed by atoms with E-state index in [-0.39, 0.29) is 12.5 Å². The zero-order valence-electron chi connectivity index (χ0n) is 13.6. The molecule has 1 saturated carbocycles. The van der Waals surface area contributed by atoms with Gasteiger partial charge in [0.2, 0.25) is 0 Å². The molecule has 5 nitrogen and oxygen atoms in total. The standard InChI is InChI=1S/C17H23N3O2S/c1-12-14(10-19-20(12)13-6-3-4-7-13)16(21)18-11-17(2,22)15-8-5-9-23-15/h5,8-10,13,22H,3-4,6-7,11H2,1-2H3,(H,18,21). The van der Waals surface area contributed by atoms with Gasteiger partial charge in [-0.3, -0.25) is 9.48 Å². The van der Waals surface area contributed by atoms with Crippen LogP contribution in [0.4, 0.5) is 0 Å². The van der Waals surface area contributed by atoms with Gasteiger partial charge in [0.05, 0.1) is 24.3 Å². The molecule has 124 valence electrons. The molecule has 0 aliphatic heterocycles. The van der Waals surface area contributed by atoms with Crippen LogP contribution < -0.4 is 5.32 Å². The van der Waals surface area contributed by atoms with Crippen LogP contribution in [-0.4, -0.2) is 27.3 Å². The Bertz CT molecular complexity index is 670. The second-order valence-corrected chi connectivity index (χ2v) is 7.41. The quantitative estimate of drug-likeness (QED) is 0.884. The van der Waals surface area contributed by atoms with Crippen molar-refractivity contribution in [2.45, 2.75) is 51.2 Å². The Kier molecular flexibility index (Phi) is 4.55. The molecule has 2 aromatic rings. The smallest absolute Gasteiger partial charge is 0.254 e. The third-order valence-electron chi connectivity index (χ3n) is 4.61. The fourth-order valence-electron chi connectivity index (χ4n) is 3.18. The summed E-state index contributed by atoms with van der Waals surface area (Å²) >= 11 is 1.48. The molecule has 2 aromatic heterocycles. The van der Waals surface area contributed by atoms with E-state index in [0.29, 0.717) is 11.6 Å². The van der Waals surface area contributed by atoms with E-state index < -0.39 is 5.60 Å². The van der Waals surface area contributed by atoms with Crippen molar-refractivity contribution in [2.75, 3.05) is 6.54 Å². The second kappa shape index (κ2) is 6.45. The molecule has 0 spiro atoms. The molecule has 1 aliphatic carbocycles. The van der Waals surface area contributed by atoms with Crippen molar-refractivity contribution >= 4 is 17.2 Å². The van der Waals surface area contributed by atoms with Crippen LogP contribution in [0.1, 0.15) is 59.6 Å². The minimum absolute atomic E-state index is 0.177. The molecule has 1 aliphatic rings. The summed E-state index contributed by atoms with van der Waals surface area (Å²) in [7, 11) is 0. The number of carbonyl (C=O) groups excluding carboxylic acids is 1. The highest BCUT2D eigenvalue weighted by Gasteiger charge is 2.27. The highest BCUT2D eigenvalue weighted by molar-refractivity contribution is 7.10. The minimum Gasteiger partial charge on any atom is -0.383 e. The molecule has 1 atom stereocenters. The lowest BCUT2D eigenvalue weighted by molar-refractivity contribution is 0.0556. The summed E-state index contributed by atoms with van der Waals surface area (Å²) in [5, 5.41) is 19.7. The zero-order valence-corrected chi connectivity index (χ0v) is 14.4. The Labute approximate surface area is 140 Å². The second-order valence-electron chi connectivity index (χ2n) is 6.46. The van der Waals surface area contributed by atoms with Gasteiger partial charge in [0.15, 0.2) is 0 Å². The van der Waals surface area contributed by atoms with Gasteiger partial charge < -0.3 is 10.4 Å². The first kappa shape index (κ1) is 16.2. The number of hydrogen-bond acceptors (Lipinski definition) is 4. The van der Waals surface area contributed by atoms with E-state index in [4.69, 9.17) is 0 Å². The molecule has 23 heavy (non-hydrogen) atoms. The van der Waals surface area contributed by atoms with Crippen LogP contribution in [-0.2, 0) is 5.60 Å². The predicted molar refractivity (Wildman–Crippen MR) is 90.7 cm³/mol. The van der Waals surface area contributed by atoms with Gasteiger partial charge in [-0.05, 0) is 38.1 Å². The van der Waals surface area contributed by atoms with Gasteiger partial charge in [-0.15, -0.1) is 11.3 Å². The van der Waals surface area contributed by atoms with Gasteiger partial charge in [-0.1, -0.05) is 18.9 Å². The van der Waals surface area contributed by atoms with Gasteiger partial charge in [0.25, 0.3) is 5.91 Å². The highest BCUT2D eigenvalue weighted by atomic mass is 32.1. The number of nitrogens with zero attached hydrogens (tertiary/aromatic N) is 2. The summed E-state index contributed by atoms with van der Waals surface area (Å²) in [4.78, 5) is 13.3. The average molecular weight is 333 g/mol. The number of hydrogen-bond donors (Lipinski definition) is 2. The zero-order chi connectivity index (χ0) is 16.4. The monoisotopic (exact) mass is 333 g/mol. The van der Waals surface area contributed by atoms with Crippen LogP contribution in [0.2, 0.25) is 0 Å². The van der Waals surface area contributed by atoms with Crippen molar-refractivity contribution in [1.82, 2.24) is 15.1 Å². The van der Waals surface area contributed by atoms with Gasteiger partial charge >= 0.3 is 0 Å². The fourth-order valence-corrected chi connectivity index (χ4v) is 3.97. The summed E-state index contributed by atoms with van der Waals surface area (Å²) in [6.07, 6.45) is 6.38. The molecule has 0 bridgehead atoms. The number of amides is 1.